The van der Waals surface area contributed by atoms with Crippen molar-refractivity contribution in [2.45, 2.75) is 13.1 Å². The van der Waals surface area contributed by atoms with E-state index in [9.17, 15) is 28.3 Å². The van der Waals surface area contributed by atoms with Gasteiger partial charge < -0.3 is 10.0 Å². The van der Waals surface area contributed by atoms with Crippen LogP contribution in [0.1, 0.15) is 11.1 Å². The largest absolute Gasteiger partial charge is 0.481 e. The molecule has 0 amide bonds. The molecule has 9 heteroatoms. The Kier molecular flexibility index (Phi) is 3.96. The maximum Gasteiger partial charge on any atom is 0.394 e. The van der Waals surface area contributed by atoms with E-state index in [0.29, 0.717) is 33.6 Å². The van der Waals surface area contributed by atoms with Crippen LogP contribution < -0.4 is 4.90 Å². The number of alkyl halides is 3. The minimum absolute atomic E-state index is 0.271. The molecule has 1 saturated heterocycles. The van der Waals surface area contributed by atoms with Crippen molar-refractivity contribution in [2.24, 2.45) is 11.8 Å². The number of carboxylic acid groups (broad SMARTS) is 1. The SMILES string of the molecule is Cc1cc(N2C[C@@H](C(F)(F)F)[C@H](C(=O)O)C2)n2c(nc3ccccc32)c1C#N. The summed E-state index contributed by atoms with van der Waals surface area (Å²) in [6, 6.07) is 10.8. The number of anilines is 1. The van der Waals surface area contributed by atoms with E-state index in [1.54, 1.807) is 41.7 Å². The first kappa shape index (κ1) is 18.1. The van der Waals surface area contributed by atoms with Crippen LogP contribution in [0.25, 0.3) is 16.7 Å². The minimum Gasteiger partial charge on any atom is -0.481 e. The molecule has 1 aliphatic heterocycles. The molecule has 0 spiro atoms. The Labute approximate surface area is 157 Å². The van der Waals surface area contributed by atoms with Gasteiger partial charge in [-0.3, -0.25) is 9.20 Å². The van der Waals surface area contributed by atoms with E-state index in [1.165, 1.54) is 4.90 Å². The summed E-state index contributed by atoms with van der Waals surface area (Å²) in [5, 5.41) is 18.8. The van der Waals surface area contributed by atoms with Gasteiger partial charge in [0.15, 0.2) is 5.65 Å². The second-order valence-corrected chi connectivity index (χ2v) is 6.93. The van der Waals surface area contributed by atoms with Gasteiger partial charge in [0.05, 0.1) is 28.4 Å². The molecule has 0 aliphatic carbocycles. The number of nitrogens with zero attached hydrogens (tertiary/aromatic N) is 4. The van der Waals surface area contributed by atoms with Gasteiger partial charge in [-0.25, -0.2) is 4.98 Å². The Hall–Kier alpha value is -3.28. The summed E-state index contributed by atoms with van der Waals surface area (Å²) >= 11 is 0. The average molecular weight is 388 g/mol. The summed E-state index contributed by atoms with van der Waals surface area (Å²) in [6.07, 6.45) is -4.62. The molecule has 144 valence electrons. The number of aliphatic carboxylic acids is 1. The molecule has 1 N–H and O–H groups in total. The lowest BCUT2D eigenvalue weighted by Gasteiger charge is -2.22. The number of aromatic nitrogens is 2. The van der Waals surface area contributed by atoms with Gasteiger partial charge in [-0.1, -0.05) is 12.1 Å². The van der Waals surface area contributed by atoms with E-state index >= 15 is 0 Å². The van der Waals surface area contributed by atoms with Crippen LogP contribution in [0.4, 0.5) is 19.0 Å². The van der Waals surface area contributed by atoms with Crippen LogP contribution in [0.2, 0.25) is 0 Å². The van der Waals surface area contributed by atoms with Gasteiger partial charge in [0.2, 0.25) is 0 Å². The van der Waals surface area contributed by atoms with Crippen LogP contribution in [0, 0.1) is 30.1 Å². The number of carbonyl (C=O) groups is 1. The maximum absolute atomic E-state index is 13.4. The van der Waals surface area contributed by atoms with Crippen molar-refractivity contribution >= 4 is 28.5 Å². The third-order valence-corrected chi connectivity index (χ3v) is 5.25. The molecule has 0 radical (unpaired) electrons. The van der Waals surface area contributed by atoms with Crippen LogP contribution in [-0.4, -0.2) is 39.7 Å². The standard InChI is InChI=1S/C19H15F3N4O2/c1-10-6-16(25-8-12(18(27)28)13(9-25)19(20,21)22)26-15-5-3-2-4-14(15)24-17(26)11(10)7-23/h2-6,12-13H,8-9H2,1H3,(H,27,28)/t12-,13-/m1/s1. The highest BCUT2D eigenvalue weighted by Crippen LogP contribution is 2.40. The number of hydrogen-bond acceptors (Lipinski definition) is 4. The minimum atomic E-state index is -4.62. The number of carboxylic acids is 1. The summed E-state index contributed by atoms with van der Waals surface area (Å²) in [5.41, 5.74) is 2.50. The average Bonchev–Trinajstić information content (AvgIpc) is 3.23. The smallest absolute Gasteiger partial charge is 0.394 e. The van der Waals surface area contributed by atoms with Gasteiger partial charge in [-0.05, 0) is 30.7 Å². The summed E-state index contributed by atoms with van der Waals surface area (Å²) < 4.78 is 41.9. The van der Waals surface area contributed by atoms with Gasteiger partial charge in [0.25, 0.3) is 0 Å². The third-order valence-electron chi connectivity index (χ3n) is 5.25. The lowest BCUT2D eigenvalue weighted by Crippen LogP contribution is -2.33. The summed E-state index contributed by atoms with van der Waals surface area (Å²) in [7, 11) is 0. The molecule has 2 atom stereocenters. The first-order valence-electron chi connectivity index (χ1n) is 8.57. The van der Waals surface area contributed by atoms with Crippen molar-refractivity contribution in [3.63, 3.8) is 0 Å². The molecule has 4 rings (SSSR count). The number of aryl methyl sites for hydroxylation is 1. The van der Waals surface area contributed by atoms with E-state index in [1.807, 2.05) is 0 Å². The number of nitriles is 1. The number of para-hydroxylation sites is 2. The zero-order valence-electron chi connectivity index (χ0n) is 14.7. The normalized spacial score (nSPS) is 20.0. The van der Waals surface area contributed by atoms with Crippen LogP contribution in [0.3, 0.4) is 0 Å². The molecular weight excluding hydrogens is 373 g/mol. The molecule has 0 saturated carbocycles. The maximum atomic E-state index is 13.4. The van der Waals surface area contributed by atoms with Crippen molar-refractivity contribution < 1.29 is 23.1 Å². The summed E-state index contributed by atoms with van der Waals surface area (Å²) in [4.78, 5) is 17.3. The van der Waals surface area contributed by atoms with Crippen molar-refractivity contribution in [1.82, 2.24) is 9.38 Å². The Balaban J connectivity index is 1.95. The molecule has 6 nitrogen and oxygen atoms in total. The Bertz CT molecular complexity index is 1150. The highest BCUT2D eigenvalue weighted by atomic mass is 19.4. The van der Waals surface area contributed by atoms with Crippen LogP contribution >= 0.6 is 0 Å². The lowest BCUT2D eigenvalue weighted by atomic mass is 9.96. The second-order valence-electron chi connectivity index (χ2n) is 6.93. The van der Waals surface area contributed by atoms with Gasteiger partial charge >= 0.3 is 12.1 Å². The monoisotopic (exact) mass is 388 g/mol. The number of halogens is 3. The van der Waals surface area contributed by atoms with Crippen LogP contribution in [0.15, 0.2) is 30.3 Å². The van der Waals surface area contributed by atoms with Crippen molar-refractivity contribution in [1.29, 1.82) is 5.26 Å². The fourth-order valence-electron chi connectivity index (χ4n) is 3.88. The molecule has 1 aromatic carbocycles. The molecule has 3 aromatic rings. The highest BCUT2D eigenvalue weighted by molar-refractivity contribution is 5.85. The second kappa shape index (κ2) is 6.12. The summed E-state index contributed by atoms with van der Waals surface area (Å²) in [5.74, 6) is -4.59. The zero-order chi connectivity index (χ0) is 20.2. The fourth-order valence-corrected chi connectivity index (χ4v) is 3.88. The lowest BCUT2D eigenvalue weighted by molar-refractivity contribution is -0.187. The predicted octanol–water partition coefficient (Wildman–Crippen LogP) is 3.37. The van der Waals surface area contributed by atoms with Gasteiger partial charge in [-0.15, -0.1) is 0 Å². The molecule has 28 heavy (non-hydrogen) atoms. The van der Waals surface area contributed by atoms with E-state index in [2.05, 4.69) is 11.1 Å². The highest BCUT2D eigenvalue weighted by Gasteiger charge is 2.53. The van der Waals surface area contributed by atoms with Crippen molar-refractivity contribution in [3.05, 3.63) is 41.5 Å². The molecule has 3 heterocycles. The number of rotatable bonds is 2. The number of imidazole rings is 1. The molecule has 1 fully saturated rings. The van der Waals surface area contributed by atoms with Crippen molar-refractivity contribution in [3.8, 4) is 6.07 Å². The van der Waals surface area contributed by atoms with Crippen molar-refractivity contribution in [2.75, 3.05) is 18.0 Å². The first-order valence-corrected chi connectivity index (χ1v) is 8.57. The van der Waals surface area contributed by atoms with Gasteiger partial charge in [0.1, 0.15) is 11.9 Å². The molecule has 1 aliphatic rings. The van der Waals surface area contributed by atoms with Gasteiger partial charge in [0, 0.05) is 13.1 Å². The Morgan fingerprint density at radius 2 is 2.04 bits per heavy atom. The van der Waals surface area contributed by atoms with E-state index in [-0.39, 0.29) is 6.54 Å². The van der Waals surface area contributed by atoms with Crippen LogP contribution in [-0.2, 0) is 4.79 Å². The van der Waals surface area contributed by atoms with Crippen LogP contribution in [0.5, 0.6) is 0 Å². The van der Waals surface area contributed by atoms with E-state index in [0.717, 1.165) is 0 Å². The number of hydrogen-bond donors (Lipinski definition) is 1. The predicted molar refractivity (Wildman–Crippen MR) is 95.0 cm³/mol. The molecular formula is C19H15F3N4O2. The molecule has 2 aromatic heterocycles. The van der Waals surface area contributed by atoms with E-state index in [4.69, 9.17) is 0 Å². The topological polar surface area (TPSA) is 81.6 Å². The molecule has 0 unspecified atom stereocenters. The first-order chi connectivity index (χ1) is 13.2. The Morgan fingerprint density at radius 1 is 1.32 bits per heavy atom. The molecule has 0 bridgehead atoms. The quantitative estimate of drug-likeness (QED) is 0.728. The zero-order valence-corrected chi connectivity index (χ0v) is 14.7. The van der Waals surface area contributed by atoms with E-state index < -0.39 is 30.5 Å². The number of pyridine rings is 1. The fraction of sp³-hybridized carbons (Fsp3) is 0.316. The summed E-state index contributed by atoms with van der Waals surface area (Å²) in [6.45, 7) is 0.952. The number of fused-ring (bicyclic) bond motifs is 3. The third kappa shape index (κ3) is 2.64. The van der Waals surface area contributed by atoms with Gasteiger partial charge in [-0.2, -0.15) is 18.4 Å². The number of benzene rings is 1. The Morgan fingerprint density at radius 3 is 2.64 bits per heavy atom.